The molecule has 3 aromatic rings. The van der Waals surface area contributed by atoms with Crippen molar-refractivity contribution < 1.29 is 22.7 Å². The Morgan fingerprint density at radius 1 is 1.26 bits per heavy atom. The molecule has 0 aliphatic carbocycles. The number of halogens is 3. The number of nitrogens with one attached hydrogen (secondary N) is 3. The second-order valence-corrected chi connectivity index (χ2v) is 10.6. The summed E-state index contributed by atoms with van der Waals surface area (Å²) in [7, 11) is 0. The molecule has 0 radical (unpaired) electrons. The van der Waals surface area contributed by atoms with E-state index >= 15 is 0 Å². The van der Waals surface area contributed by atoms with Crippen LogP contribution in [-0.4, -0.2) is 35.9 Å². The van der Waals surface area contributed by atoms with Crippen molar-refractivity contribution in [2.24, 2.45) is 10.7 Å². The smallest absolute Gasteiger partial charge is 0.416 e. The SMILES string of the molecule is Cc1ccc(C(=O)Nc2cc(OC[C@]3(C)CCCN3)cc(C(F)(F)F)c2)cc1Nc1ncccc1C(C)/C=C\N=CN. The number of ether oxygens (including phenoxy) is 1. The first-order valence-electron chi connectivity index (χ1n) is 13.6. The van der Waals surface area contributed by atoms with Crippen LogP contribution in [0.15, 0.2) is 72.0 Å². The average Bonchev–Trinajstić information content (AvgIpc) is 3.39. The van der Waals surface area contributed by atoms with Gasteiger partial charge in [0.2, 0.25) is 0 Å². The molecule has 11 heteroatoms. The number of anilines is 3. The number of carbonyl (C=O) groups excluding carboxylic acids is 1. The Hall–Kier alpha value is -4.38. The fraction of sp³-hybridized carbons (Fsp3) is 0.323. The van der Waals surface area contributed by atoms with Gasteiger partial charge in [0.15, 0.2) is 0 Å². The van der Waals surface area contributed by atoms with Crippen LogP contribution < -0.4 is 26.4 Å². The first-order valence-corrected chi connectivity index (χ1v) is 13.6. The normalized spacial score (nSPS) is 18.0. The number of aliphatic imine (C=N–C) groups is 1. The molecular weight excluding hydrogens is 545 g/mol. The standard InChI is InChI=1S/C31H35F3N6O2/c1-20(9-13-36-19-35)26-6-4-11-37-28(26)40-27-14-22(8-7-21(27)2)29(41)39-24-15-23(31(32,33)34)16-25(17-24)42-18-30(3)10-5-12-38-30/h4,6-9,11,13-17,19-20,38H,5,10,12,18H2,1-3H3,(H2,35,36)(H,37,40)(H,39,41)/b13-9-/t20?,30-/m0/s1. The van der Waals surface area contributed by atoms with E-state index in [0.717, 1.165) is 42.6 Å². The topological polar surface area (TPSA) is 114 Å². The Morgan fingerprint density at radius 3 is 2.79 bits per heavy atom. The summed E-state index contributed by atoms with van der Waals surface area (Å²) in [6.45, 7) is 6.87. The predicted octanol–water partition coefficient (Wildman–Crippen LogP) is 6.53. The first-order chi connectivity index (χ1) is 20.0. The van der Waals surface area contributed by atoms with Crippen LogP contribution in [0.25, 0.3) is 0 Å². The number of aryl methyl sites for hydroxylation is 1. The molecule has 2 aromatic carbocycles. The minimum atomic E-state index is -4.61. The third kappa shape index (κ3) is 7.88. The minimum Gasteiger partial charge on any atom is -0.492 e. The Kier molecular flexibility index (Phi) is 9.52. The summed E-state index contributed by atoms with van der Waals surface area (Å²) >= 11 is 0. The summed E-state index contributed by atoms with van der Waals surface area (Å²) in [6.07, 6.45) is 3.55. The van der Waals surface area contributed by atoms with E-state index in [-0.39, 0.29) is 35.1 Å². The average molecular weight is 581 g/mol. The molecule has 4 rings (SSSR count). The van der Waals surface area contributed by atoms with Crippen molar-refractivity contribution in [2.45, 2.75) is 51.2 Å². The third-order valence-corrected chi connectivity index (χ3v) is 7.14. The zero-order valence-corrected chi connectivity index (χ0v) is 23.8. The Balaban J connectivity index is 1.55. The molecule has 2 heterocycles. The Labute approximate surface area is 243 Å². The lowest BCUT2D eigenvalue weighted by molar-refractivity contribution is -0.137. The van der Waals surface area contributed by atoms with Gasteiger partial charge in [-0.3, -0.25) is 4.79 Å². The summed E-state index contributed by atoms with van der Waals surface area (Å²) in [5.41, 5.74) is 6.70. The van der Waals surface area contributed by atoms with E-state index in [4.69, 9.17) is 10.5 Å². The Morgan fingerprint density at radius 2 is 2.07 bits per heavy atom. The number of rotatable bonds is 10. The molecule has 1 aromatic heterocycles. The molecule has 5 N–H and O–H groups in total. The largest absolute Gasteiger partial charge is 0.492 e. The summed E-state index contributed by atoms with van der Waals surface area (Å²) < 4.78 is 46.9. The van der Waals surface area contributed by atoms with Crippen molar-refractivity contribution in [2.75, 3.05) is 23.8 Å². The van der Waals surface area contributed by atoms with Gasteiger partial charge in [0.25, 0.3) is 5.91 Å². The second kappa shape index (κ2) is 13.1. The van der Waals surface area contributed by atoms with E-state index in [2.05, 4.69) is 25.9 Å². The summed E-state index contributed by atoms with van der Waals surface area (Å²) in [5, 5.41) is 9.22. The van der Waals surface area contributed by atoms with Crippen molar-refractivity contribution in [1.82, 2.24) is 10.3 Å². The van der Waals surface area contributed by atoms with Crippen LogP contribution in [0.3, 0.4) is 0 Å². The van der Waals surface area contributed by atoms with Crippen molar-refractivity contribution in [3.63, 3.8) is 0 Å². The molecule has 1 amide bonds. The van der Waals surface area contributed by atoms with Gasteiger partial charge in [-0.05, 0) is 69.1 Å². The molecule has 0 saturated carbocycles. The Bertz CT molecular complexity index is 1470. The number of amides is 1. The summed E-state index contributed by atoms with van der Waals surface area (Å²) in [4.78, 5) is 21.6. The molecule has 8 nitrogen and oxygen atoms in total. The molecular formula is C31H35F3N6O2. The van der Waals surface area contributed by atoms with Gasteiger partial charge in [-0.2, -0.15) is 13.2 Å². The first kappa shape index (κ1) is 30.6. The van der Waals surface area contributed by atoms with Crippen LogP contribution in [0, 0.1) is 6.92 Å². The molecule has 42 heavy (non-hydrogen) atoms. The molecule has 0 bridgehead atoms. The van der Waals surface area contributed by atoms with E-state index in [1.54, 1.807) is 30.6 Å². The van der Waals surface area contributed by atoms with E-state index in [9.17, 15) is 18.0 Å². The van der Waals surface area contributed by atoms with Crippen molar-refractivity contribution >= 4 is 29.4 Å². The quantitative estimate of drug-likeness (QED) is 0.160. The molecule has 1 fully saturated rings. The van der Waals surface area contributed by atoms with Crippen LogP contribution in [-0.2, 0) is 6.18 Å². The number of alkyl halides is 3. The van der Waals surface area contributed by atoms with Crippen LogP contribution in [0.5, 0.6) is 5.75 Å². The fourth-order valence-corrected chi connectivity index (χ4v) is 4.69. The molecule has 1 unspecified atom stereocenters. The van der Waals surface area contributed by atoms with Gasteiger partial charge in [0.1, 0.15) is 18.2 Å². The van der Waals surface area contributed by atoms with Gasteiger partial charge < -0.3 is 26.4 Å². The maximum atomic E-state index is 13.7. The van der Waals surface area contributed by atoms with E-state index in [0.29, 0.717) is 11.5 Å². The summed E-state index contributed by atoms with van der Waals surface area (Å²) in [6, 6.07) is 12.0. The van der Waals surface area contributed by atoms with E-state index in [1.807, 2.05) is 39.0 Å². The highest BCUT2D eigenvalue weighted by atomic mass is 19.4. The van der Waals surface area contributed by atoms with Gasteiger partial charge in [-0.15, -0.1) is 0 Å². The lowest BCUT2D eigenvalue weighted by Crippen LogP contribution is -2.42. The molecule has 1 saturated heterocycles. The third-order valence-electron chi connectivity index (χ3n) is 7.14. The minimum absolute atomic E-state index is 0.0165. The van der Waals surface area contributed by atoms with Crippen molar-refractivity contribution in [3.05, 3.63) is 89.3 Å². The van der Waals surface area contributed by atoms with Gasteiger partial charge in [0, 0.05) is 52.4 Å². The predicted molar refractivity (Wildman–Crippen MR) is 159 cm³/mol. The van der Waals surface area contributed by atoms with Gasteiger partial charge in [0.05, 0.1) is 11.9 Å². The van der Waals surface area contributed by atoms with Gasteiger partial charge >= 0.3 is 6.18 Å². The van der Waals surface area contributed by atoms with Gasteiger partial charge in [-0.25, -0.2) is 9.98 Å². The molecule has 222 valence electrons. The monoisotopic (exact) mass is 580 g/mol. The molecule has 0 spiro atoms. The van der Waals surface area contributed by atoms with Gasteiger partial charge in [-0.1, -0.05) is 25.1 Å². The lowest BCUT2D eigenvalue weighted by atomic mass is 10.0. The number of aromatic nitrogens is 1. The zero-order valence-electron chi connectivity index (χ0n) is 23.8. The lowest BCUT2D eigenvalue weighted by Gasteiger charge is -2.25. The fourth-order valence-electron chi connectivity index (χ4n) is 4.69. The number of nitrogens with two attached hydrogens (primary N) is 1. The van der Waals surface area contributed by atoms with E-state index < -0.39 is 17.6 Å². The number of allylic oxidation sites excluding steroid dienone is 1. The number of hydrogen-bond acceptors (Lipinski definition) is 6. The maximum absolute atomic E-state index is 13.7. The molecule has 1 aliphatic heterocycles. The number of nitrogens with zero attached hydrogens (tertiary/aromatic N) is 2. The van der Waals surface area contributed by atoms with Crippen molar-refractivity contribution in [1.29, 1.82) is 0 Å². The number of hydrogen-bond donors (Lipinski definition) is 4. The van der Waals surface area contributed by atoms with Crippen LogP contribution in [0.4, 0.5) is 30.4 Å². The van der Waals surface area contributed by atoms with E-state index in [1.165, 1.54) is 12.4 Å². The van der Waals surface area contributed by atoms with Crippen LogP contribution in [0.2, 0.25) is 0 Å². The highest BCUT2D eigenvalue weighted by Crippen LogP contribution is 2.35. The zero-order chi connectivity index (χ0) is 30.3. The number of pyridine rings is 1. The highest BCUT2D eigenvalue weighted by molar-refractivity contribution is 6.05. The summed E-state index contributed by atoms with van der Waals surface area (Å²) in [5.74, 6) is 0.0208. The molecule has 1 aliphatic rings. The van der Waals surface area contributed by atoms with Crippen LogP contribution in [0.1, 0.15) is 59.7 Å². The highest BCUT2D eigenvalue weighted by Gasteiger charge is 2.33. The number of benzene rings is 2. The molecule has 2 atom stereocenters. The number of carbonyl (C=O) groups is 1. The van der Waals surface area contributed by atoms with Crippen molar-refractivity contribution in [3.8, 4) is 5.75 Å². The van der Waals surface area contributed by atoms with Crippen LogP contribution >= 0.6 is 0 Å². The maximum Gasteiger partial charge on any atom is 0.416 e. The second-order valence-electron chi connectivity index (χ2n) is 10.6.